The van der Waals surface area contributed by atoms with Gasteiger partial charge in [-0.05, 0) is 34.9 Å². The van der Waals surface area contributed by atoms with Crippen LogP contribution >= 0.6 is 0 Å². The highest BCUT2D eigenvalue weighted by molar-refractivity contribution is 6.05. The zero-order valence-electron chi connectivity index (χ0n) is 18.0. The Morgan fingerprint density at radius 1 is 0.606 bits per heavy atom. The van der Waals surface area contributed by atoms with Crippen molar-refractivity contribution in [1.29, 1.82) is 0 Å². The monoisotopic (exact) mass is 432 g/mol. The molecule has 4 aromatic rings. The van der Waals surface area contributed by atoms with Gasteiger partial charge in [0, 0.05) is 5.56 Å². The Morgan fingerprint density at radius 2 is 1.06 bits per heavy atom. The Labute approximate surface area is 193 Å². The molecule has 4 heteroatoms. The quantitative estimate of drug-likeness (QED) is 0.386. The normalized spacial score (nSPS) is 11.1. The van der Waals surface area contributed by atoms with E-state index >= 15 is 0 Å². The third-order valence-corrected chi connectivity index (χ3v) is 5.18. The third-order valence-electron chi connectivity index (χ3n) is 5.18. The van der Waals surface area contributed by atoms with Crippen LogP contribution in [0.2, 0.25) is 0 Å². The van der Waals surface area contributed by atoms with Gasteiger partial charge in [0.25, 0.3) is 11.8 Å². The number of rotatable bonds is 7. The molecule has 0 aliphatic carbocycles. The molecule has 0 fully saturated rings. The first-order valence-corrected chi connectivity index (χ1v) is 10.7. The fraction of sp³-hybridized carbons (Fsp3) is 0.0345. The molecule has 0 aliphatic heterocycles. The minimum Gasteiger partial charge on any atom is -0.340 e. The van der Waals surface area contributed by atoms with E-state index in [9.17, 15) is 9.59 Å². The van der Waals surface area contributed by atoms with Gasteiger partial charge >= 0.3 is 0 Å². The number of carbonyl (C=O) groups excluding carboxylic acids is 2. The summed E-state index contributed by atoms with van der Waals surface area (Å²) in [5.41, 5.74) is 3.36. The second-order valence-electron chi connectivity index (χ2n) is 7.52. The molecule has 0 atom stereocenters. The van der Waals surface area contributed by atoms with Crippen molar-refractivity contribution in [2.24, 2.45) is 0 Å². The Balaban J connectivity index is 1.66. The minimum absolute atomic E-state index is 0.173. The number of hydrogen-bond donors (Lipinski definition) is 2. The summed E-state index contributed by atoms with van der Waals surface area (Å²) in [7, 11) is 0. The number of carbonyl (C=O) groups is 2. The van der Waals surface area contributed by atoms with Crippen molar-refractivity contribution >= 4 is 17.9 Å². The van der Waals surface area contributed by atoms with Crippen LogP contribution in [0.3, 0.4) is 0 Å². The minimum atomic E-state index is -0.374. The van der Waals surface area contributed by atoms with Crippen molar-refractivity contribution < 1.29 is 9.59 Å². The van der Waals surface area contributed by atoms with Gasteiger partial charge in [-0.3, -0.25) is 9.59 Å². The summed E-state index contributed by atoms with van der Waals surface area (Å²) in [4.78, 5) is 26.3. The predicted octanol–water partition coefficient (Wildman–Crippen LogP) is 5.36. The highest BCUT2D eigenvalue weighted by Gasteiger charge is 2.21. The van der Waals surface area contributed by atoms with Gasteiger partial charge in [-0.1, -0.05) is 109 Å². The molecule has 33 heavy (non-hydrogen) atoms. The van der Waals surface area contributed by atoms with Crippen LogP contribution in [0.4, 0.5) is 0 Å². The molecule has 4 nitrogen and oxygen atoms in total. The average Bonchev–Trinajstić information content (AvgIpc) is 2.89. The number of amides is 2. The molecule has 2 N–H and O–H groups in total. The van der Waals surface area contributed by atoms with Crippen LogP contribution < -0.4 is 10.6 Å². The Morgan fingerprint density at radius 3 is 1.58 bits per heavy atom. The summed E-state index contributed by atoms with van der Waals surface area (Å²) in [6.07, 6.45) is 1.68. The average molecular weight is 433 g/mol. The topological polar surface area (TPSA) is 58.2 Å². The fourth-order valence-corrected chi connectivity index (χ4v) is 3.52. The Bertz CT molecular complexity index is 1180. The van der Waals surface area contributed by atoms with E-state index in [1.807, 2.05) is 97.1 Å². The summed E-state index contributed by atoms with van der Waals surface area (Å²) in [6, 6.07) is 37.4. The number of benzene rings is 4. The summed E-state index contributed by atoms with van der Waals surface area (Å²) >= 11 is 0. The van der Waals surface area contributed by atoms with E-state index in [4.69, 9.17) is 0 Å². The largest absolute Gasteiger partial charge is 0.340 e. The van der Waals surface area contributed by atoms with Crippen molar-refractivity contribution in [3.63, 3.8) is 0 Å². The van der Waals surface area contributed by atoms with Crippen molar-refractivity contribution in [2.75, 3.05) is 0 Å². The van der Waals surface area contributed by atoms with Gasteiger partial charge in [-0.15, -0.1) is 0 Å². The first-order valence-electron chi connectivity index (χ1n) is 10.7. The van der Waals surface area contributed by atoms with Gasteiger partial charge in [0.1, 0.15) is 5.70 Å². The lowest BCUT2D eigenvalue weighted by Gasteiger charge is -2.21. The third kappa shape index (κ3) is 5.83. The van der Waals surface area contributed by atoms with E-state index in [1.54, 1.807) is 30.3 Å². The van der Waals surface area contributed by atoms with Gasteiger partial charge in [0.05, 0.1) is 6.04 Å². The number of hydrogen-bond acceptors (Lipinski definition) is 2. The first-order chi connectivity index (χ1) is 16.2. The molecule has 0 saturated carbocycles. The molecule has 0 heterocycles. The van der Waals surface area contributed by atoms with Crippen LogP contribution in [0.15, 0.2) is 127 Å². The lowest BCUT2D eigenvalue weighted by Crippen LogP contribution is -2.37. The van der Waals surface area contributed by atoms with E-state index in [-0.39, 0.29) is 23.6 Å². The molecule has 4 aromatic carbocycles. The van der Waals surface area contributed by atoms with Gasteiger partial charge in [-0.25, -0.2) is 0 Å². The van der Waals surface area contributed by atoms with Crippen LogP contribution in [-0.4, -0.2) is 11.8 Å². The molecular weight excluding hydrogens is 408 g/mol. The fourth-order valence-electron chi connectivity index (χ4n) is 3.52. The summed E-state index contributed by atoms with van der Waals surface area (Å²) in [5.74, 6) is -0.718. The highest BCUT2D eigenvalue weighted by atomic mass is 16.2. The van der Waals surface area contributed by atoms with E-state index in [1.165, 1.54) is 0 Å². The van der Waals surface area contributed by atoms with Crippen molar-refractivity contribution in [2.45, 2.75) is 6.04 Å². The predicted molar refractivity (Wildman–Crippen MR) is 131 cm³/mol. The molecule has 2 amide bonds. The second kappa shape index (κ2) is 10.7. The molecule has 0 spiro atoms. The molecule has 0 unspecified atom stereocenters. The Kier molecular flexibility index (Phi) is 7.08. The number of nitrogens with one attached hydrogen (secondary N) is 2. The van der Waals surface area contributed by atoms with Crippen LogP contribution in [0, 0.1) is 0 Å². The van der Waals surface area contributed by atoms with Gasteiger partial charge in [0.2, 0.25) is 0 Å². The van der Waals surface area contributed by atoms with Gasteiger partial charge in [-0.2, -0.15) is 0 Å². The standard InChI is InChI=1S/C29H24N2O2/c32-28(25-19-11-4-12-20-25)30-26(21-22-13-5-1-6-14-22)29(33)31-27(23-15-7-2-8-16-23)24-17-9-3-10-18-24/h1-21,27H,(H,30,32)(H,31,33)/b26-21-. The highest BCUT2D eigenvalue weighted by Crippen LogP contribution is 2.22. The lowest BCUT2D eigenvalue weighted by molar-refractivity contribution is -0.118. The zero-order valence-corrected chi connectivity index (χ0v) is 18.0. The molecule has 0 saturated heterocycles. The maximum atomic E-state index is 13.5. The summed E-state index contributed by atoms with van der Waals surface area (Å²) in [5, 5.41) is 5.90. The van der Waals surface area contributed by atoms with Crippen molar-refractivity contribution in [3.8, 4) is 0 Å². The second-order valence-corrected chi connectivity index (χ2v) is 7.52. The summed E-state index contributed by atoms with van der Waals surface area (Å²) in [6.45, 7) is 0. The molecule has 0 radical (unpaired) electrons. The van der Waals surface area contributed by atoms with E-state index < -0.39 is 0 Å². The van der Waals surface area contributed by atoms with Crippen LogP contribution in [0.25, 0.3) is 6.08 Å². The maximum Gasteiger partial charge on any atom is 0.268 e. The van der Waals surface area contributed by atoms with Crippen molar-refractivity contribution in [1.82, 2.24) is 10.6 Å². The van der Waals surface area contributed by atoms with Gasteiger partial charge in [0.15, 0.2) is 0 Å². The van der Waals surface area contributed by atoms with Crippen LogP contribution in [-0.2, 0) is 4.79 Å². The van der Waals surface area contributed by atoms with E-state index in [0.717, 1.165) is 16.7 Å². The van der Waals surface area contributed by atoms with Crippen LogP contribution in [0.5, 0.6) is 0 Å². The lowest BCUT2D eigenvalue weighted by atomic mass is 9.98. The zero-order chi connectivity index (χ0) is 22.9. The molecule has 162 valence electrons. The molecule has 0 aliphatic rings. The van der Waals surface area contributed by atoms with E-state index in [2.05, 4.69) is 10.6 Å². The molecule has 4 rings (SSSR count). The van der Waals surface area contributed by atoms with E-state index in [0.29, 0.717) is 5.56 Å². The Hall–Kier alpha value is -4.44. The smallest absolute Gasteiger partial charge is 0.268 e. The van der Waals surface area contributed by atoms with Gasteiger partial charge < -0.3 is 10.6 Å². The van der Waals surface area contributed by atoms with Crippen molar-refractivity contribution in [3.05, 3.63) is 149 Å². The molecular formula is C29H24N2O2. The summed E-state index contributed by atoms with van der Waals surface area (Å²) < 4.78 is 0. The SMILES string of the molecule is O=C(NC(c1ccccc1)c1ccccc1)/C(=C/c1ccccc1)NC(=O)c1ccccc1. The maximum absolute atomic E-state index is 13.5. The van der Waals surface area contributed by atoms with Crippen LogP contribution in [0.1, 0.15) is 33.1 Å². The molecule has 0 bridgehead atoms. The first kappa shape index (κ1) is 21.8. The molecule has 0 aromatic heterocycles.